The first-order valence-electron chi connectivity index (χ1n) is 6.68. The minimum absolute atomic E-state index is 0.0260. The first-order chi connectivity index (χ1) is 11.3. The number of halogens is 1. The number of aromatic nitrogens is 1. The smallest absolute Gasteiger partial charge is 0.326 e. The highest BCUT2D eigenvalue weighted by atomic mass is 32.2. The van der Waals surface area contributed by atoms with E-state index in [2.05, 4.69) is 4.98 Å². The second-order valence-electron chi connectivity index (χ2n) is 4.92. The molecule has 10 heteroatoms. The topological polar surface area (TPSA) is 109 Å². The number of carbonyl (C=O) groups excluding carboxylic acids is 1. The van der Waals surface area contributed by atoms with Crippen LogP contribution >= 0.6 is 0 Å². The van der Waals surface area contributed by atoms with Gasteiger partial charge in [0, 0.05) is 17.8 Å². The number of amides is 1. The Bertz CT molecular complexity index is 932. The molecule has 2 heterocycles. The van der Waals surface area contributed by atoms with Crippen LogP contribution in [0.15, 0.2) is 30.5 Å². The third kappa shape index (κ3) is 2.60. The van der Waals surface area contributed by atoms with E-state index in [4.69, 9.17) is 4.74 Å². The number of hydrogen-bond donors (Lipinski definition) is 2. The number of pyridine rings is 1. The van der Waals surface area contributed by atoms with Gasteiger partial charge in [0.25, 0.3) is 5.91 Å². The standard InChI is InChI=1S/C14H12FN3O5S/c1-23-12-6-8(4-5-16-12)9-2-3-10(19)14(13(9)15)18-7-11(20)17-24(18,21)22/h2-6,19H,7H2,1H3,(H,17,20). The zero-order chi connectivity index (χ0) is 17.5. The summed E-state index contributed by atoms with van der Waals surface area (Å²) in [5.74, 6) is -2.15. The van der Waals surface area contributed by atoms with E-state index in [0.29, 0.717) is 9.87 Å². The van der Waals surface area contributed by atoms with Gasteiger partial charge in [-0.15, -0.1) is 0 Å². The number of nitrogens with zero attached hydrogens (tertiary/aromatic N) is 2. The Balaban J connectivity index is 2.17. The Morgan fingerprint density at radius 3 is 2.75 bits per heavy atom. The van der Waals surface area contributed by atoms with Crippen molar-refractivity contribution in [3.05, 3.63) is 36.3 Å². The number of phenolic OH excluding ortho intramolecular Hbond substituents is 1. The van der Waals surface area contributed by atoms with Gasteiger partial charge in [-0.05, 0) is 23.8 Å². The monoisotopic (exact) mass is 353 g/mol. The number of benzene rings is 1. The number of aromatic hydroxyl groups is 1. The Morgan fingerprint density at radius 2 is 2.12 bits per heavy atom. The van der Waals surface area contributed by atoms with Gasteiger partial charge >= 0.3 is 10.2 Å². The molecule has 0 atom stereocenters. The Morgan fingerprint density at radius 1 is 1.38 bits per heavy atom. The van der Waals surface area contributed by atoms with E-state index in [-0.39, 0.29) is 11.4 Å². The summed E-state index contributed by atoms with van der Waals surface area (Å²) < 4.78 is 45.9. The van der Waals surface area contributed by atoms with Crippen LogP contribution in [0, 0.1) is 5.82 Å². The summed E-state index contributed by atoms with van der Waals surface area (Å²) in [5.41, 5.74) is -0.198. The maximum atomic E-state index is 14.9. The number of carbonyl (C=O) groups is 1. The fourth-order valence-electron chi connectivity index (χ4n) is 2.35. The quantitative estimate of drug-likeness (QED) is 0.844. The molecule has 8 nitrogen and oxygen atoms in total. The molecule has 1 fully saturated rings. The van der Waals surface area contributed by atoms with Crippen LogP contribution in [0.2, 0.25) is 0 Å². The van der Waals surface area contributed by atoms with Gasteiger partial charge in [-0.25, -0.2) is 18.4 Å². The zero-order valence-corrected chi connectivity index (χ0v) is 13.2. The highest BCUT2D eigenvalue weighted by Crippen LogP contribution is 2.39. The van der Waals surface area contributed by atoms with Crippen molar-refractivity contribution in [1.29, 1.82) is 0 Å². The molecule has 2 N–H and O–H groups in total. The van der Waals surface area contributed by atoms with Crippen LogP contribution in [0.4, 0.5) is 10.1 Å². The second kappa shape index (κ2) is 5.64. The predicted molar refractivity (Wildman–Crippen MR) is 82.3 cm³/mol. The van der Waals surface area contributed by atoms with Crippen molar-refractivity contribution >= 4 is 21.8 Å². The number of hydrogen-bond acceptors (Lipinski definition) is 6. The number of ether oxygens (including phenoxy) is 1. The summed E-state index contributed by atoms with van der Waals surface area (Å²) in [4.78, 5) is 15.3. The van der Waals surface area contributed by atoms with Gasteiger partial charge in [0.1, 0.15) is 18.0 Å². The number of rotatable bonds is 3. The lowest BCUT2D eigenvalue weighted by atomic mass is 10.0. The van der Waals surface area contributed by atoms with Crippen molar-refractivity contribution in [3.63, 3.8) is 0 Å². The van der Waals surface area contributed by atoms with Crippen molar-refractivity contribution in [2.75, 3.05) is 18.0 Å². The Hall–Kier alpha value is -2.88. The third-order valence-corrected chi connectivity index (χ3v) is 4.80. The van der Waals surface area contributed by atoms with E-state index in [1.807, 2.05) is 0 Å². The van der Waals surface area contributed by atoms with Gasteiger partial charge in [0.2, 0.25) is 5.88 Å². The lowest BCUT2D eigenvalue weighted by molar-refractivity contribution is -0.117. The average molecular weight is 353 g/mol. The molecular weight excluding hydrogens is 341 g/mol. The maximum Gasteiger partial charge on any atom is 0.326 e. The molecule has 0 bridgehead atoms. The summed E-state index contributed by atoms with van der Waals surface area (Å²) >= 11 is 0. The summed E-state index contributed by atoms with van der Waals surface area (Å²) in [6.45, 7) is -0.615. The van der Waals surface area contributed by atoms with Crippen LogP contribution in [0.1, 0.15) is 0 Å². The van der Waals surface area contributed by atoms with Crippen LogP contribution in [-0.2, 0) is 15.0 Å². The average Bonchev–Trinajstić information content (AvgIpc) is 2.80. The van der Waals surface area contributed by atoms with Gasteiger partial charge in [0.05, 0.1) is 7.11 Å². The lowest BCUT2D eigenvalue weighted by Gasteiger charge is -2.18. The van der Waals surface area contributed by atoms with E-state index >= 15 is 0 Å². The van der Waals surface area contributed by atoms with Crippen LogP contribution in [0.3, 0.4) is 0 Å². The van der Waals surface area contributed by atoms with E-state index < -0.39 is 39.9 Å². The van der Waals surface area contributed by atoms with Crippen LogP contribution in [0.25, 0.3) is 11.1 Å². The molecule has 1 aliphatic rings. The molecule has 0 spiro atoms. The van der Waals surface area contributed by atoms with Crippen molar-refractivity contribution in [2.24, 2.45) is 0 Å². The normalized spacial score (nSPS) is 16.1. The SMILES string of the molecule is COc1cc(-c2ccc(O)c(N3CC(=O)NS3(=O)=O)c2F)ccn1. The summed E-state index contributed by atoms with van der Waals surface area (Å²) in [6, 6.07) is 5.41. The molecule has 3 rings (SSSR count). The third-order valence-electron chi connectivity index (χ3n) is 3.42. The molecule has 0 radical (unpaired) electrons. The fraction of sp³-hybridized carbons (Fsp3) is 0.143. The zero-order valence-electron chi connectivity index (χ0n) is 12.4. The van der Waals surface area contributed by atoms with Crippen molar-refractivity contribution in [2.45, 2.75) is 0 Å². The van der Waals surface area contributed by atoms with E-state index in [9.17, 15) is 22.7 Å². The minimum atomic E-state index is -4.25. The minimum Gasteiger partial charge on any atom is -0.506 e. The number of phenols is 1. The number of nitrogens with one attached hydrogen (secondary N) is 1. The Labute approximate surface area is 136 Å². The predicted octanol–water partition coefficient (Wildman–Crippen LogP) is 0.783. The first kappa shape index (κ1) is 16.0. The molecule has 0 unspecified atom stereocenters. The van der Waals surface area contributed by atoms with E-state index in [1.165, 1.54) is 31.5 Å². The van der Waals surface area contributed by atoms with Gasteiger partial charge in [0.15, 0.2) is 5.82 Å². The van der Waals surface area contributed by atoms with Crippen LogP contribution < -0.4 is 13.8 Å². The van der Waals surface area contributed by atoms with E-state index in [0.717, 1.165) is 6.07 Å². The van der Waals surface area contributed by atoms with E-state index in [1.54, 1.807) is 4.72 Å². The highest BCUT2D eigenvalue weighted by molar-refractivity contribution is 7.92. The van der Waals surface area contributed by atoms with Crippen molar-refractivity contribution in [3.8, 4) is 22.8 Å². The lowest BCUT2D eigenvalue weighted by Crippen LogP contribution is -2.30. The molecule has 1 amide bonds. The van der Waals surface area contributed by atoms with Crippen molar-refractivity contribution in [1.82, 2.24) is 9.71 Å². The Kier molecular flexibility index (Phi) is 3.76. The second-order valence-corrected chi connectivity index (χ2v) is 6.51. The molecule has 0 saturated carbocycles. The molecular formula is C14H12FN3O5S. The molecule has 1 aromatic heterocycles. The van der Waals surface area contributed by atoms with Gasteiger partial charge in [-0.2, -0.15) is 8.42 Å². The first-order valence-corrected chi connectivity index (χ1v) is 8.12. The largest absolute Gasteiger partial charge is 0.506 e. The maximum absolute atomic E-state index is 14.9. The summed E-state index contributed by atoms with van der Waals surface area (Å²) in [5, 5.41) is 9.92. The van der Waals surface area contributed by atoms with Crippen LogP contribution in [0.5, 0.6) is 11.6 Å². The highest BCUT2D eigenvalue weighted by Gasteiger charge is 2.37. The summed E-state index contributed by atoms with van der Waals surface area (Å²) in [6.07, 6.45) is 1.40. The van der Waals surface area contributed by atoms with Gasteiger partial charge in [-0.1, -0.05) is 0 Å². The molecule has 2 aromatic rings. The van der Waals surface area contributed by atoms with Crippen molar-refractivity contribution < 1.29 is 27.4 Å². The number of anilines is 1. The van der Waals surface area contributed by atoms with Gasteiger partial charge < -0.3 is 9.84 Å². The molecule has 126 valence electrons. The van der Waals surface area contributed by atoms with Crippen LogP contribution in [-0.4, -0.2) is 38.1 Å². The number of methoxy groups -OCH3 is 1. The van der Waals surface area contributed by atoms with Gasteiger partial charge in [-0.3, -0.25) is 4.79 Å². The molecule has 1 saturated heterocycles. The summed E-state index contributed by atoms with van der Waals surface area (Å²) in [7, 11) is -2.85. The fourth-order valence-corrected chi connectivity index (χ4v) is 3.51. The molecule has 1 aliphatic heterocycles. The molecule has 1 aromatic carbocycles. The molecule has 24 heavy (non-hydrogen) atoms. The molecule has 0 aliphatic carbocycles.